The van der Waals surface area contributed by atoms with Crippen molar-refractivity contribution >= 4 is 22.8 Å². The quantitative estimate of drug-likeness (QED) is 0.703. The molecule has 0 aliphatic rings. The van der Waals surface area contributed by atoms with Gasteiger partial charge in [0.25, 0.3) is 0 Å². The summed E-state index contributed by atoms with van der Waals surface area (Å²) in [4.78, 5) is 20.7. The van der Waals surface area contributed by atoms with Gasteiger partial charge in [-0.3, -0.25) is 9.59 Å². The topological polar surface area (TPSA) is 54.4 Å². The third-order valence-electron chi connectivity index (χ3n) is 1.28. The molecule has 0 fully saturated rings. The van der Waals surface area contributed by atoms with E-state index in [4.69, 9.17) is 5.11 Å². The predicted octanol–water partition coefficient (Wildman–Crippen LogP) is 1.38. The van der Waals surface area contributed by atoms with Crippen molar-refractivity contribution in [1.29, 1.82) is 0 Å². The zero-order valence-corrected chi connectivity index (χ0v) is 7.48. The van der Waals surface area contributed by atoms with Gasteiger partial charge in [0.05, 0.1) is 5.92 Å². The van der Waals surface area contributed by atoms with Gasteiger partial charge in [0, 0.05) is 12.7 Å². The van der Waals surface area contributed by atoms with Crippen molar-refractivity contribution in [3.8, 4) is 0 Å². The van der Waals surface area contributed by atoms with E-state index in [2.05, 4.69) is 0 Å². The summed E-state index contributed by atoms with van der Waals surface area (Å²) in [5.74, 6) is -0.543. The second-order valence-corrected chi connectivity index (χ2v) is 3.64. The fourth-order valence-corrected chi connectivity index (χ4v) is 1.26. The Balaban J connectivity index is 3.39. The first-order valence-electron chi connectivity index (χ1n) is 3.40. The Morgan fingerprint density at radius 2 is 2.09 bits per heavy atom. The summed E-state index contributed by atoms with van der Waals surface area (Å²) in [6.07, 6.45) is 0.555. The van der Waals surface area contributed by atoms with E-state index in [0.29, 0.717) is 12.2 Å². The normalized spacial score (nSPS) is 12.5. The van der Waals surface area contributed by atoms with E-state index in [1.807, 2.05) is 0 Å². The second kappa shape index (κ2) is 5.18. The Hall–Kier alpha value is -0.510. The van der Waals surface area contributed by atoms with Gasteiger partial charge in [-0.15, -0.1) is 0 Å². The van der Waals surface area contributed by atoms with Crippen molar-refractivity contribution < 1.29 is 14.7 Å². The number of rotatable bonds is 4. The molecule has 0 heterocycles. The largest absolute Gasteiger partial charge is 0.481 e. The molecule has 4 heteroatoms. The third-order valence-corrected chi connectivity index (χ3v) is 2.12. The standard InChI is InChI=1S/C7H12O3S/c1-5(7(9)10)3-4-11-6(2)8/h5H,3-4H2,1-2H3,(H,9,10)/t5-/m0/s1. The Bertz CT molecular complexity index is 156. The van der Waals surface area contributed by atoms with E-state index in [9.17, 15) is 9.59 Å². The third kappa shape index (κ3) is 5.91. The Labute approximate surface area is 70.2 Å². The highest BCUT2D eigenvalue weighted by atomic mass is 32.2. The summed E-state index contributed by atoms with van der Waals surface area (Å²) in [7, 11) is 0. The Morgan fingerprint density at radius 3 is 2.45 bits per heavy atom. The van der Waals surface area contributed by atoms with Crippen LogP contribution in [0.3, 0.4) is 0 Å². The highest BCUT2D eigenvalue weighted by Gasteiger charge is 2.10. The molecule has 0 aromatic rings. The van der Waals surface area contributed by atoms with Crippen LogP contribution in [0.4, 0.5) is 0 Å². The van der Waals surface area contributed by atoms with Crippen molar-refractivity contribution in [3.05, 3.63) is 0 Å². The van der Waals surface area contributed by atoms with Gasteiger partial charge in [0.1, 0.15) is 0 Å². The van der Waals surface area contributed by atoms with Gasteiger partial charge < -0.3 is 5.11 Å². The average Bonchev–Trinajstić information content (AvgIpc) is 1.86. The van der Waals surface area contributed by atoms with Crippen molar-refractivity contribution in [1.82, 2.24) is 0 Å². The fourth-order valence-electron chi connectivity index (χ4n) is 0.503. The SMILES string of the molecule is CC(=O)SCC[C@H](C)C(=O)O. The van der Waals surface area contributed by atoms with Crippen LogP contribution in [0, 0.1) is 5.92 Å². The van der Waals surface area contributed by atoms with Crippen LogP contribution < -0.4 is 0 Å². The summed E-state index contributed by atoms with van der Waals surface area (Å²) in [6.45, 7) is 3.12. The molecule has 0 aliphatic heterocycles. The van der Waals surface area contributed by atoms with Crippen LogP contribution in [0.5, 0.6) is 0 Å². The first-order chi connectivity index (χ1) is 5.04. The molecule has 0 unspecified atom stereocenters. The van der Waals surface area contributed by atoms with Gasteiger partial charge in [-0.2, -0.15) is 0 Å². The highest BCUT2D eigenvalue weighted by Crippen LogP contribution is 2.09. The van der Waals surface area contributed by atoms with E-state index in [1.165, 1.54) is 18.7 Å². The van der Waals surface area contributed by atoms with Gasteiger partial charge in [-0.05, 0) is 6.42 Å². The molecule has 0 aromatic heterocycles. The Kier molecular flexibility index (Phi) is 4.94. The molecule has 0 aromatic carbocycles. The maximum absolute atomic E-state index is 10.4. The molecule has 1 atom stereocenters. The highest BCUT2D eigenvalue weighted by molar-refractivity contribution is 8.13. The molecular formula is C7H12O3S. The molecule has 64 valence electrons. The summed E-state index contributed by atoms with van der Waals surface area (Å²) >= 11 is 1.17. The lowest BCUT2D eigenvalue weighted by Crippen LogP contribution is -2.10. The van der Waals surface area contributed by atoms with E-state index in [-0.39, 0.29) is 11.0 Å². The summed E-state index contributed by atoms with van der Waals surface area (Å²) in [5.41, 5.74) is 0. The molecular weight excluding hydrogens is 164 g/mol. The fraction of sp³-hybridized carbons (Fsp3) is 0.714. The summed E-state index contributed by atoms with van der Waals surface area (Å²) in [5, 5.41) is 8.50. The molecule has 0 spiro atoms. The van der Waals surface area contributed by atoms with E-state index >= 15 is 0 Å². The molecule has 3 nitrogen and oxygen atoms in total. The maximum atomic E-state index is 10.4. The average molecular weight is 176 g/mol. The molecule has 1 N–H and O–H groups in total. The van der Waals surface area contributed by atoms with Gasteiger partial charge in [0.2, 0.25) is 0 Å². The van der Waals surface area contributed by atoms with Crippen molar-refractivity contribution in [3.63, 3.8) is 0 Å². The first-order valence-corrected chi connectivity index (χ1v) is 4.38. The van der Waals surface area contributed by atoms with Crippen LogP contribution in [0.15, 0.2) is 0 Å². The molecule has 0 bridgehead atoms. The number of aliphatic carboxylic acids is 1. The number of carboxylic acids is 1. The number of hydrogen-bond acceptors (Lipinski definition) is 3. The van der Waals surface area contributed by atoms with E-state index < -0.39 is 5.97 Å². The number of carbonyl (C=O) groups is 2. The van der Waals surface area contributed by atoms with Crippen LogP contribution in [0.2, 0.25) is 0 Å². The minimum absolute atomic E-state index is 0.0441. The molecule has 0 saturated carbocycles. The van der Waals surface area contributed by atoms with Gasteiger partial charge in [-0.1, -0.05) is 18.7 Å². The van der Waals surface area contributed by atoms with Crippen LogP contribution in [0.25, 0.3) is 0 Å². The number of carboxylic acid groups (broad SMARTS) is 1. The van der Waals surface area contributed by atoms with Gasteiger partial charge in [0.15, 0.2) is 5.12 Å². The lowest BCUT2D eigenvalue weighted by atomic mass is 10.1. The van der Waals surface area contributed by atoms with Crippen LogP contribution in [-0.4, -0.2) is 21.9 Å². The van der Waals surface area contributed by atoms with E-state index in [0.717, 1.165) is 0 Å². The predicted molar refractivity (Wildman–Crippen MR) is 44.6 cm³/mol. The van der Waals surface area contributed by atoms with Crippen molar-refractivity contribution in [2.24, 2.45) is 5.92 Å². The zero-order chi connectivity index (χ0) is 8.85. The molecule has 0 radical (unpaired) electrons. The molecule has 0 aliphatic carbocycles. The summed E-state index contributed by atoms with van der Waals surface area (Å²) < 4.78 is 0. The van der Waals surface area contributed by atoms with Crippen LogP contribution in [0.1, 0.15) is 20.3 Å². The first kappa shape index (κ1) is 10.5. The minimum Gasteiger partial charge on any atom is -0.481 e. The molecule has 0 rings (SSSR count). The van der Waals surface area contributed by atoms with Crippen molar-refractivity contribution in [2.75, 3.05) is 5.75 Å². The van der Waals surface area contributed by atoms with Crippen molar-refractivity contribution in [2.45, 2.75) is 20.3 Å². The van der Waals surface area contributed by atoms with Gasteiger partial charge in [-0.25, -0.2) is 0 Å². The number of thioether (sulfide) groups is 1. The smallest absolute Gasteiger partial charge is 0.306 e. The second-order valence-electron chi connectivity index (χ2n) is 2.37. The minimum atomic E-state index is -0.797. The van der Waals surface area contributed by atoms with Crippen LogP contribution >= 0.6 is 11.8 Å². The van der Waals surface area contributed by atoms with Gasteiger partial charge >= 0.3 is 5.97 Å². The molecule has 0 amide bonds. The van der Waals surface area contributed by atoms with E-state index in [1.54, 1.807) is 6.92 Å². The maximum Gasteiger partial charge on any atom is 0.306 e. The molecule has 11 heavy (non-hydrogen) atoms. The lowest BCUT2D eigenvalue weighted by Gasteiger charge is -2.02. The number of hydrogen-bond donors (Lipinski definition) is 1. The molecule has 0 saturated heterocycles. The van der Waals surface area contributed by atoms with Crippen LogP contribution in [-0.2, 0) is 9.59 Å². The monoisotopic (exact) mass is 176 g/mol. The summed E-state index contributed by atoms with van der Waals surface area (Å²) in [6, 6.07) is 0. The lowest BCUT2D eigenvalue weighted by molar-refractivity contribution is -0.141. The zero-order valence-electron chi connectivity index (χ0n) is 6.66. The number of carbonyl (C=O) groups excluding carboxylic acids is 1. The Morgan fingerprint density at radius 1 is 1.55 bits per heavy atom.